The van der Waals surface area contributed by atoms with Gasteiger partial charge in [0.15, 0.2) is 0 Å². The first-order chi connectivity index (χ1) is 18.9. The number of ether oxygens (including phenoxy) is 2. The summed E-state index contributed by atoms with van der Waals surface area (Å²) < 4.78 is 10.7. The molecule has 9 nitrogen and oxygen atoms in total. The molecule has 0 bridgehead atoms. The van der Waals surface area contributed by atoms with Crippen LogP contribution in [-0.4, -0.2) is 48.9 Å². The van der Waals surface area contributed by atoms with Crippen LogP contribution in [0, 0.1) is 0 Å². The molecule has 39 heavy (non-hydrogen) atoms. The fourth-order valence-corrected chi connectivity index (χ4v) is 4.29. The van der Waals surface area contributed by atoms with Crippen molar-refractivity contribution in [2.24, 2.45) is 0 Å². The number of nitrogens with one attached hydrogen (secondary N) is 3. The smallest absolute Gasteiger partial charge is 0.328 e. The molecule has 0 aromatic heterocycles. The van der Waals surface area contributed by atoms with Gasteiger partial charge in [-0.15, -0.1) is 0 Å². The molecule has 3 N–H and O–H groups in total. The Bertz CT molecular complexity index is 1280. The Kier molecular flexibility index (Phi) is 9.29. The Hall–Kier alpha value is -4.66. The molecular formula is C30H31N3O6. The summed E-state index contributed by atoms with van der Waals surface area (Å²) in [4.78, 5) is 50.3. The molecule has 3 atom stereocenters. The van der Waals surface area contributed by atoms with Crippen molar-refractivity contribution in [1.82, 2.24) is 16.0 Å². The van der Waals surface area contributed by atoms with Gasteiger partial charge < -0.3 is 25.4 Å². The predicted octanol–water partition coefficient (Wildman–Crippen LogP) is 2.08. The van der Waals surface area contributed by atoms with Crippen LogP contribution in [0.4, 0.5) is 0 Å². The molecule has 0 unspecified atom stereocenters. The third-order valence-electron chi connectivity index (χ3n) is 6.37. The van der Waals surface area contributed by atoms with Crippen molar-refractivity contribution < 1.29 is 28.7 Å². The molecule has 1 saturated heterocycles. The summed E-state index contributed by atoms with van der Waals surface area (Å²) in [5.74, 6) is -1.32. The largest absolute Gasteiger partial charge is 0.489 e. The molecule has 0 aliphatic carbocycles. The Morgan fingerprint density at radius 3 is 2.03 bits per heavy atom. The zero-order chi connectivity index (χ0) is 27.6. The highest BCUT2D eigenvalue weighted by atomic mass is 16.5. The van der Waals surface area contributed by atoms with E-state index in [1.165, 1.54) is 7.11 Å². The van der Waals surface area contributed by atoms with E-state index >= 15 is 0 Å². The van der Waals surface area contributed by atoms with Gasteiger partial charge in [-0.25, -0.2) is 4.79 Å². The van der Waals surface area contributed by atoms with Crippen molar-refractivity contribution in [1.29, 1.82) is 0 Å². The molecule has 1 fully saturated rings. The van der Waals surface area contributed by atoms with E-state index in [0.29, 0.717) is 18.8 Å². The van der Waals surface area contributed by atoms with Crippen LogP contribution in [0.25, 0.3) is 0 Å². The molecule has 9 heteroatoms. The number of rotatable bonds is 11. The second kappa shape index (κ2) is 13.2. The van der Waals surface area contributed by atoms with Crippen LogP contribution in [0.1, 0.15) is 23.1 Å². The van der Waals surface area contributed by atoms with E-state index in [1.807, 2.05) is 72.8 Å². The number of amides is 3. The van der Waals surface area contributed by atoms with Crippen LogP contribution < -0.4 is 20.7 Å². The van der Waals surface area contributed by atoms with Gasteiger partial charge in [0.25, 0.3) is 0 Å². The molecule has 202 valence electrons. The van der Waals surface area contributed by atoms with Crippen molar-refractivity contribution in [3.8, 4) is 5.75 Å². The van der Waals surface area contributed by atoms with Gasteiger partial charge in [-0.3, -0.25) is 14.4 Å². The van der Waals surface area contributed by atoms with Gasteiger partial charge in [-0.05, 0) is 28.8 Å². The van der Waals surface area contributed by atoms with Gasteiger partial charge in [0.05, 0.1) is 13.5 Å². The van der Waals surface area contributed by atoms with Gasteiger partial charge in [-0.1, -0.05) is 72.8 Å². The molecule has 0 saturated carbocycles. The SMILES string of the molecule is COC(=O)[C@H](Cc1ccc(OCc2ccccc2)cc1)NC(=O)C[C@@H]1NC(=O)[C@H](Cc2ccccc2)NC1=O. The lowest BCUT2D eigenvalue weighted by Crippen LogP contribution is -2.63. The number of hydrogen-bond donors (Lipinski definition) is 3. The molecule has 4 rings (SSSR count). The highest BCUT2D eigenvalue weighted by molar-refractivity contribution is 5.99. The topological polar surface area (TPSA) is 123 Å². The van der Waals surface area contributed by atoms with Crippen LogP contribution in [0.3, 0.4) is 0 Å². The molecule has 1 aliphatic rings. The number of hydrogen-bond acceptors (Lipinski definition) is 6. The minimum absolute atomic E-state index is 0.180. The standard InChI is InChI=1S/C30H31N3O6/c1-38-30(37)26(17-21-12-14-23(15-13-21)39-19-22-10-6-3-7-11-22)31-27(34)18-25-29(36)32-24(28(35)33-25)16-20-8-4-2-5-9-20/h2-15,24-26H,16-19H2,1H3,(H,31,34)(H,32,36)(H,33,35)/t24-,25-,26-/m0/s1. The first-order valence-corrected chi connectivity index (χ1v) is 12.7. The van der Waals surface area contributed by atoms with E-state index in [-0.39, 0.29) is 18.7 Å². The van der Waals surface area contributed by atoms with E-state index in [9.17, 15) is 19.2 Å². The van der Waals surface area contributed by atoms with Crippen LogP contribution >= 0.6 is 0 Å². The Labute approximate surface area is 226 Å². The number of esters is 1. The van der Waals surface area contributed by atoms with Gasteiger partial charge in [0.2, 0.25) is 17.7 Å². The fraction of sp³-hybridized carbons (Fsp3) is 0.267. The maximum atomic E-state index is 12.8. The van der Waals surface area contributed by atoms with Gasteiger partial charge in [0, 0.05) is 12.8 Å². The van der Waals surface area contributed by atoms with Crippen LogP contribution in [0.15, 0.2) is 84.9 Å². The summed E-state index contributed by atoms with van der Waals surface area (Å²) in [5.41, 5.74) is 2.74. The lowest BCUT2D eigenvalue weighted by Gasteiger charge is -2.29. The molecule has 3 amide bonds. The van der Waals surface area contributed by atoms with Gasteiger partial charge >= 0.3 is 5.97 Å². The van der Waals surface area contributed by atoms with Crippen molar-refractivity contribution in [3.05, 3.63) is 102 Å². The molecule has 0 radical (unpaired) electrons. The normalized spacial score (nSPS) is 17.4. The summed E-state index contributed by atoms with van der Waals surface area (Å²) in [7, 11) is 1.24. The van der Waals surface area contributed by atoms with Crippen LogP contribution in [0.2, 0.25) is 0 Å². The van der Waals surface area contributed by atoms with Crippen molar-refractivity contribution in [2.45, 2.75) is 44.0 Å². The van der Waals surface area contributed by atoms with Gasteiger partial charge in [-0.2, -0.15) is 0 Å². The Morgan fingerprint density at radius 2 is 1.38 bits per heavy atom. The summed E-state index contributed by atoms with van der Waals surface area (Å²) in [6.07, 6.45) is 0.215. The fourth-order valence-electron chi connectivity index (χ4n) is 4.29. The second-order valence-electron chi connectivity index (χ2n) is 9.28. The first-order valence-electron chi connectivity index (χ1n) is 12.7. The van der Waals surface area contributed by atoms with E-state index in [2.05, 4.69) is 16.0 Å². The minimum atomic E-state index is -1.04. The average molecular weight is 530 g/mol. The quantitative estimate of drug-likeness (QED) is 0.327. The Balaban J connectivity index is 1.30. The highest BCUT2D eigenvalue weighted by Gasteiger charge is 2.35. The maximum absolute atomic E-state index is 12.8. The molecular weight excluding hydrogens is 498 g/mol. The number of methoxy groups -OCH3 is 1. The predicted molar refractivity (Wildman–Crippen MR) is 143 cm³/mol. The van der Waals surface area contributed by atoms with Crippen molar-refractivity contribution in [3.63, 3.8) is 0 Å². The number of carbonyl (C=O) groups excluding carboxylic acids is 4. The van der Waals surface area contributed by atoms with Crippen LogP contribution in [0.5, 0.6) is 5.75 Å². The number of benzene rings is 3. The zero-order valence-corrected chi connectivity index (χ0v) is 21.6. The van der Waals surface area contributed by atoms with Crippen LogP contribution in [-0.2, 0) is 43.4 Å². The molecule has 3 aromatic rings. The third kappa shape index (κ3) is 7.91. The van der Waals surface area contributed by atoms with E-state index in [4.69, 9.17) is 9.47 Å². The molecule has 1 aliphatic heterocycles. The lowest BCUT2D eigenvalue weighted by atomic mass is 10.0. The van der Waals surface area contributed by atoms with E-state index in [0.717, 1.165) is 16.7 Å². The van der Waals surface area contributed by atoms with E-state index in [1.54, 1.807) is 12.1 Å². The Morgan fingerprint density at radius 1 is 0.795 bits per heavy atom. The second-order valence-corrected chi connectivity index (χ2v) is 9.28. The number of carbonyl (C=O) groups is 4. The summed E-state index contributed by atoms with van der Waals surface area (Å²) >= 11 is 0. The summed E-state index contributed by atoms with van der Waals surface area (Å²) in [5, 5.41) is 7.95. The third-order valence-corrected chi connectivity index (χ3v) is 6.37. The molecule has 0 spiro atoms. The highest BCUT2D eigenvalue weighted by Crippen LogP contribution is 2.16. The van der Waals surface area contributed by atoms with Crippen molar-refractivity contribution >= 4 is 23.7 Å². The summed E-state index contributed by atoms with van der Waals surface area (Å²) in [6.45, 7) is 0.430. The average Bonchev–Trinajstić information content (AvgIpc) is 2.95. The first kappa shape index (κ1) is 27.4. The lowest BCUT2D eigenvalue weighted by molar-refractivity contribution is -0.145. The zero-order valence-electron chi connectivity index (χ0n) is 21.6. The molecule has 3 aromatic carbocycles. The molecule has 1 heterocycles. The maximum Gasteiger partial charge on any atom is 0.328 e. The van der Waals surface area contributed by atoms with E-state index < -0.39 is 35.9 Å². The van der Waals surface area contributed by atoms with Crippen molar-refractivity contribution in [2.75, 3.05) is 7.11 Å². The summed E-state index contributed by atoms with van der Waals surface area (Å²) in [6, 6.07) is 23.6. The number of piperazine rings is 1. The monoisotopic (exact) mass is 529 g/mol. The van der Waals surface area contributed by atoms with Gasteiger partial charge in [0.1, 0.15) is 30.5 Å². The minimum Gasteiger partial charge on any atom is -0.489 e.